The molecule has 2 atom stereocenters. The fourth-order valence-electron chi connectivity index (χ4n) is 4.00. The van der Waals surface area contributed by atoms with Gasteiger partial charge in [-0.15, -0.1) is 0 Å². The van der Waals surface area contributed by atoms with Crippen molar-refractivity contribution in [2.75, 3.05) is 13.7 Å². The maximum absolute atomic E-state index is 12.9. The molecule has 0 spiro atoms. The molecular weight excluding hydrogens is 354 g/mol. The smallest absolute Gasteiger partial charge is 0.321 e. The number of aromatic nitrogens is 1. The van der Waals surface area contributed by atoms with Crippen molar-refractivity contribution >= 4 is 5.97 Å². The van der Waals surface area contributed by atoms with Crippen molar-refractivity contribution in [3.05, 3.63) is 54.2 Å². The molecule has 150 valence electrons. The summed E-state index contributed by atoms with van der Waals surface area (Å²) in [6.45, 7) is 6.84. The van der Waals surface area contributed by atoms with Crippen LogP contribution < -0.4 is 4.74 Å². The second-order valence-electron chi connectivity index (χ2n) is 7.76. The average molecular weight is 383 g/mol. The number of nitrogens with zero attached hydrogens (tertiary/aromatic N) is 1. The summed E-state index contributed by atoms with van der Waals surface area (Å²) in [5, 5.41) is 0. The number of carbonyl (C=O) groups is 1. The number of para-hydroxylation sites is 1. The molecule has 1 aromatic heterocycles. The van der Waals surface area contributed by atoms with Gasteiger partial charge in [0.1, 0.15) is 11.2 Å². The standard InChI is InChI=1S/C23H29NO4/c1-5-6-10-16-27-20-22(2,3)23(20,21(25)26-4)18-14-11-15-19(24-18)28-17-12-8-7-9-13-17/h7-9,11-15,20H,5-6,10,16H2,1-4H3. The Morgan fingerprint density at radius 1 is 1.07 bits per heavy atom. The lowest BCUT2D eigenvalue weighted by Crippen LogP contribution is -2.30. The zero-order valence-corrected chi connectivity index (χ0v) is 17.1. The average Bonchev–Trinajstić information content (AvgIpc) is 3.21. The molecule has 0 bridgehead atoms. The number of ether oxygens (including phenoxy) is 3. The molecule has 0 saturated heterocycles. The van der Waals surface area contributed by atoms with Crippen LogP contribution in [0.15, 0.2) is 48.5 Å². The first-order valence-electron chi connectivity index (χ1n) is 9.89. The molecule has 1 heterocycles. The number of unbranched alkanes of at least 4 members (excludes halogenated alkanes) is 2. The molecule has 5 nitrogen and oxygen atoms in total. The summed E-state index contributed by atoms with van der Waals surface area (Å²) in [5.74, 6) is 0.823. The van der Waals surface area contributed by atoms with E-state index in [4.69, 9.17) is 14.2 Å². The largest absolute Gasteiger partial charge is 0.468 e. The van der Waals surface area contributed by atoms with Crippen LogP contribution in [0.1, 0.15) is 45.7 Å². The highest BCUT2D eigenvalue weighted by Gasteiger charge is 2.79. The van der Waals surface area contributed by atoms with Gasteiger partial charge in [-0.25, -0.2) is 4.98 Å². The van der Waals surface area contributed by atoms with Crippen molar-refractivity contribution in [1.29, 1.82) is 0 Å². The number of hydrogen-bond donors (Lipinski definition) is 0. The third kappa shape index (κ3) is 3.51. The normalized spacial score (nSPS) is 22.5. The third-order valence-electron chi connectivity index (χ3n) is 5.61. The van der Waals surface area contributed by atoms with Gasteiger partial charge in [0.2, 0.25) is 5.88 Å². The Labute approximate surface area is 167 Å². The maximum atomic E-state index is 12.9. The number of benzene rings is 1. The lowest BCUT2D eigenvalue weighted by atomic mass is 9.91. The lowest BCUT2D eigenvalue weighted by Gasteiger charge is -2.18. The Bertz CT molecular complexity index is 805. The van der Waals surface area contributed by atoms with Gasteiger partial charge < -0.3 is 14.2 Å². The Balaban J connectivity index is 1.88. The highest BCUT2D eigenvalue weighted by atomic mass is 16.5. The van der Waals surface area contributed by atoms with E-state index in [1.165, 1.54) is 7.11 Å². The summed E-state index contributed by atoms with van der Waals surface area (Å²) in [6, 6.07) is 15.0. The third-order valence-corrected chi connectivity index (χ3v) is 5.61. The first-order chi connectivity index (χ1) is 13.5. The van der Waals surface area contributed by atoms with Gasteiger partial charge in [0.05, 0.1) is 18.9 Å². The minimum absolute atomic E-state index is 0.274. The van der Waals surface area contributed by atoms with Crippen molar-refractivity contribution in [2.24, 2.45) is 5.41 Å². The van der Waals surface area contributed by atoms with Gasteiger partial charge in [0.15, 0.2) is 0 Å². The fraction of sp³-hybridized carbons (Fsp3) is 0.478. The molecule has 5 heteroatoms. The second kappa shape index (κ2) is 8.31. The molecule has 1 fully saturated rings. The maximum Gasteiger partial charge on any atom is 0.321 e. The first kappa shape index (κ1) is 20.3. The number of pyridine rings is 1. The molecule has 1 aliphatic rings. The molecule has 0 amide bonds. The molecule has 3 rings (SSSR count). The molecule has 1 aromatic carbocycles. The van der Waals surface area contributed by atoms with E-state index in [2.05, 4.69) is 11.9 Å². The zero-order valence-electron chi connectivity index (χ0n) is 17.1. The van der Waals surface area contributed by atoms with Crippen LogP contribution in [-0.4, -0.2) is 30.8 Å². The van der Waals surface area contributed by atoms with Crippen molar-refractivity contribution in [1.82, 2.24) is 4.98 Å². The van der Waals surface area contributed by atoms with E-state index in [1.54, 1.807) is 6.07 Å². The first-order valence-corrected chi connectivity index (χ1v) is 9.89. The summed E-state index contributed by atoms with van der Waals surface area (Å²) in [7, 11) is 1.41. The quantitative estimate of drug-likeness (QED) is 0.455. The molecule has 0 radical (unpaired) electrons. The molecule has 0 aliphatic heterocycles. The highest BCUT2D eigenvalue weighted by Crippen LogP contribution is 2.66. The van der Waals surface area contributed by atoms with Crippen LogP contribution in [0.4, 0.5) is 0 Å². The van der Waals surface area contributed by atoms with Gasteiger partial charge in [-0.05, 0) is 24.6 Å². The molecule has 2 aromatic rings. The van der Waals surface area contributed by atoms with Gasteiger partial charge in [-0.3, -0.25) is 4.79 Å². The van der Waals surface area contributed by atoms with E-state index < -0.39 is 10.8 Å². The predicted octanol–water partition coefficient (Wildman–Crippen LogP) is 4.90. The van der Waals surface area contributed by atoms with Gasteiger partial charge >= 0.3 is 5.97 Å². The van der Waals surface area contributed by atoms with Crippen LogP contribution in [0.25, 0.3) is 0 Å². The Morgan fingerprint density at radius 3 is 2.50 bits per heavy atom. The molecular formula is C23H29NO4. The van der Waals surface area contributed by atoms with E-state index in [9.17, 15) is 4.79 Å². The van der Waals surface area contributed by atoms with Gasteiger partial charge in [-0.2, -0.15) is 0 Å². The number of rotatable bonds is 9. The summed E-state index contributed by atoms with van der Waals surface area (Å²) in [5.41, 5.74) is -0.715. The highest BCUT2D eigenvalue weighted by molar-refractivity contribution is 5.90. The van der Waals surface area contributed by atoms with Crippen molar-refractivity contribution in [3.63, 3.8) is 0 Å². The molecule has 0 N–H and O–H groups in total. The van der Waals surface area contributed by atoms with Crippen LogP contribution in [0, 0.1) is 5.41 Å². The van der Waals surface area contributed by atoms with Crippen LogP contribution in [0.5, 0.6) is 11.6 Å². The topological polar surface area (TPSA) is 57.7 Å². The van der Waals surface area contributed by atoms with E-state index in [-0.39, 0.29) is 12.1 Å². The Morgan fingerprint density at radius 2 is 1.82 bits per heavy atom. The fourth-order valence-corrected chi connectivity index (χ4v) is 4.00. The minimum Gasteiger partial charge on any atom is -0.468 e. The SMILES string of the molecule is CCCCCOC1C(C)(C)C1(C(=O)OC)c1cccc(Oc2ccccc2)n1. The molecule has 1 aliphatic carbocycles. The predicted molar refractivity (Wildman–Crippen MR) is 107 cm³/mol. The summed E-state index contributed by atoms with van der Waals surface area (Å²) >= 11 is 0. The van der Waals surface area contributed by atoms with Gasteiger partial charge in [-0.1, -0.05) is 57.9 Å². The van der Waals surface area contributed by atoms with Gasteiger partial charge in [0.25, 0.3) is 0 Å². The van der Waals surface area contributed by atoms with Crippen LogP contribution >= 0.6 is 0 Å². The van der Waals surface area contributed by atoms with Crippen LogP contribution in [-0.2, 0) is 19.7 Å². The zero-order chi connectivity index (χ0) is 20.2. The van der Waals surface area contributed by atoms with E-state index in [0.29, 0.717) is 23.9 Å². The Hall–Kier alpha value is -2.40. The summed E-state index contributed by atoms with van der Waals surface area (Å²) < 4.78 is 17.2. The molecule has 1 saturated carbocycles. The van der Waals surface area contributed by atoms with Crippen molar-refractivity contribution in [3.8, 4) is 11.6 Å². The number of esters is 1. The van der Waals surface area contributed by atoms with Crippen LogP contribution in [0.2, 0.25) is 0 Å². The number of carbonyl (C=O) groups excluding carboxylic acids is 1. The summed E-state index contributed by atoms with van der Waals surface area (Å²) in [6.07, 6.45) is 2.94. The summed E-state index contributed by atoms with van der Waals surface area (Å²) in [4.78, 5) is 17.6. The van der Waals surface area contributed by atoms with Crippen molar-refractivity contribution < 1.29 is 19.0 Å². The number of hydrogen-bond acceptors (Lipinski definition) is 5. The van der Waals surface area contributed by atoms with Gasteiger partial charge in [0, 0.05) is 18.1 Å². The second-order valence-corrected chi connectivity index (χ2v) is 7.76. The van der Waals surface area contributed by atoms with E-state index >= 15 is 0 Å². The van der Waals surface area contributed by atoms with Crippen LogP contribution in [0.3, 0.4) is 0 Å². The molecule has 2 unspecified atom stereocenters. The lowest BCUT2D eigenvalue weighted by molar-refractivity contribution is -0.145. The van der Waals surface area contributed by atoms with E-state index in [0.717, 1.165) is 19.3 Å². The van der Waals surface area contributed by atoms with E-state index in [1.807, 2.05) is 56.3 Å². The minimum atomic E-state index is -0.927. The van der Waals surface area contributed by atoms with Crippen molar-refractivity contribution in [2.45, 2.75) is 51.6 Å². The number of methoxy groups -OCH3 is 1. The Kier molecular flexibility index (Phi) is 6.04. The molecule has 28 heavy (non-hydrogen) atoms. The monoisotopic (exact) mass is 383 g/mol.